The van der Waals surface area contributed by atoms with E-state index in [0.29, 0.717) is 5.56 Å². The van der Waals surface area contributed by atoms with Crippen LogP contribution in [0.4, 0.5) is 4.39 Å². The van der Waals surface area contributed by atoms with Gasteiger partial charge in [0.05, 0.1) is 4.90 Å². The molecule has 1 fully saturated rings. The molecule has 1 aliphatic carbocycles. The maximum atomic E-state index is 13.3. The van der Waals surface area contributed by atoms with Crippen LogP contribution in [0.3, 0.4) is 0 Å². The summed E-state index contributed by atoms with van der Waals surface area (Å²) in [6.45, 7) is 1.87. The molecule has 0 radical (unpaired) electrons. The summed E-state index contributed by atoms with van der Waals surface area (Å²) in [6, 6.07) is 11.7. The molecule has 0 heterocycles. The van der Waals surface area contributed by atoms with Crippen molar-refractivity contribution >= 4 is 15.7 Å². The standard InChI is InChI=1S/C21H24FNO3S/c1-15-7-13-19(14-8-15)27(25,26)21(17-9-11-18(22)12-10-17)23-20(24)16-5-3-2-4-6-16/h7-14,16,21H,2-6H2,1H3,(H,23,24). The third-order valence-electron chi connectivity index (χ3n) is 5.08. The van der Waals surface area contributed by atoms with Crippen molar-refractivity contribution in [1.82, 2.24) is 5.32 Å². The van der Waals surface area contributed by atoms with Gasteiger partial charge >= 0.3 is 0 Å². The second-order valence-electron chi connectivity index (χ2n) is 7.13. The van der Waals surface area contributed by atoms with E-state index in [1.165, 1.54) is 36.4 Å². The molecule has 4 nitrogen and oxygen atoms in total. The maximum Gasteiger partial charge on any atom is 0.224 e. The molecule has 1 N–H and O–H groups in total. The summed E-state index contributed by atoms with van der Waals surface area (Å²) in [5.41, 5.74) is 1.29. The maximum absolute atomic E-state index is 13.3. The van der Waals surface area contributed by atoms with Crippen LogP contribution in [-0.2, 0) is 14.6 Å². The van der Waals surface area contributed by atoms with Gasteiger partial charge in [0.1, 0.15) is 5.82 Å². The van der Waals surface area contributed by atoms with Crippen LogP contribution in [0.25, 0.3) is 0 Å². The van der Waals surface area contributed by atoms with Crippen LogP contribution in [0, 0.1) is 18.7 Å². The van der Waals surface area contributed by atoms with E-state index in [4.69, 9.17) is 0 Å². The average molecular weight is 389 g/mol. The first-order chi connectivity index (χ1) is 12.9. The predicted molar refractivity (Wildman–Crippen MR) is 102 cm³/mol. The van der Waals surface area contributed by atoms with Gasteiger partial charge in [-0.3, -0.25) is 4.79 Å². The summed E-state index contributed by atoms with van der Waals surface area (Å²) in [4.78, 5) is 12.9. The van der Waals surface area contributed by atoms with Gasteiger partial charge in [0.2, 0.25) is 15.7 Å². The molecule has 2 aromatic carbocycles. The van der Waals surface area contributed by atoms with Crippen LogP contribution in [0.5, 0.6) is 0 Å². The van der Waals surface area contributed by atoms with E-state index in [2.05, 4.69) is 5.32 Å². The molecule has 3 rings (SSSR count). The number of benzene rings is 2. The summed E-state index contributed by atoms with van der Waals surface area (Å²) in [6.07, 6.45) is 4.60. The Kier molecular flexibility index (Phi) is 5.95. The number of carbonyl (C=O) groups excluding carboxylic acids is 1. The van der Waals surface area contributed by atoms with Gasteiger partial charge in [-0.2, -0.15) is 0 Å². The lowest BCUT2D eigenvalue weighted by atomic mass is 9.88. The van der Waals surface area contributed by atoms with Crippen molar-refractivity contribution in [2.45, 2.75) is 49.3 Å². The second kappa shape index (κ2) is 8.21. The highest BCUT2D eigenvalue weighted by Gasteiger charge is 2.33. The largest absolute Gasteiger partial charge is 0.335 e. The molecular formula is C21H24FNO3S. The molecule has 0 aromatic heterocycles. The molecular weight excluding hydrogens is 365 g/mol. The quantitative estimate of drug-likeness (QED) is 0.829. The average Bonchev–Trinajstić information content (AvgIpc) is 2.68. The Hall–Kier alpha value is -2.21. The molecule has 0 bridgehead atoms. The Morgan fingerprint density at radius 3 is 2.19 bits per heavy atom. The van der Waals surface area contributed by atoms with E-state index in [1.54, 1.807) is 12.1 Å². The molecule has 27 heavy (non-hydrogen) atoms. The highest BCUT2D eigenvalue weighted by atomic mass is 32.2. The lowest BCUT2D eigenvalue weighted by Crippen LogP contribution is -2.38. The van der Waals surface area contributed by atoms with E-state index in [0.717, 1.165) is 37.7 Å². The fraction of sp³-hybridized carbons (Fsp3) is 0.381. The molecule has 6 heteroatoms. The molecule has 0 saturated heterocycles. The number of rotatable bonds is 5. The summed E-state index contributed by atoms with van der Waals surface area (Å²) in [7, 11) is -3.87. The van der Waals surface area contributed by atoms with Gasteiger partial charge in [-0.05, 0) is 49.6 Å². The van der Waals surface area contributed by atoms with Crippen LogP contribution >= 0.6 is 0 Å². The van der Waals surface area contributed by atoms with Crippen molar-refractivity contribution < 1.29 is 17.6 Å². The Bertz CT molecular complexity index is 886. The van der Waals surface area contributed by atoms with Crippen molar-refractivity contribution in [3.05, 3.63) is 65.5 Å². The zero-order valence-corrected chi connectivity index (χ0v) is 16.1. The van der Waals surface area contributed by atoms with E-state index in [-0.39, 0.29) is 16.7 Å². The zero-order valence-electron chi connectivity index (χ0n) is 15.3. The van der Waals surface area contributed by atoms with Crippen molar-refractivity contribution in [2.75, 3.05) is 0 Å². The third-order valence-corrected chi connectivity index (χ3v) is 7.02. The number of nitrogens with one attached hydrogen (secondary N) is 1. The van der Waals surface area contributed by atoms with Gasteiger partial charge in [-0.15, -0.1) is 0 Å². The number of amides is 1. The number of carbonyl (C=O) groups is 1. The van der Waals surface area contributed by atoms with Gasteiger partial charge in [0.25, 0.3) is 0 Å². The molecule has 1 atom stereocenters. The van der Waals surface area contributed by atoms with Gasteiger partial charge < -0.3 is 5.32 Å². The van der Waals surface area contributed by atoms with Crippen LogP contribution < -0.4 is 5.32 Å². The summed E-state index contributed by atoms with van der Waals surface area (Å²) >= 11 is 0. The van der Waals surface area contributed by atoms with E-state index >= 15 is 0 Å². The molecule has 0 aliphatic heterocycles. The lowest BCUT2D eigenvalue weighted by molar-refractivity contribution is -0.126. The van der Waals surface area contributed by atoms with Crippen molar-refractivity contribution in [1.29, 1.82) is 0 Å². The van der Waals surface area contributed by atoms with Crippen molar-refractivity contribution in [2.24, 2.45) is 5.92 Å². The fourth-order valence-corrected chi connectivity index (χ4v) is 5.03. The third kappa shape index (κ3) is 4.56. The highest BCUT2D eigenvalue weighted by molar-refractivity contribution is 7.91. The number of halogens is 1. The van der Waals surface area contributed by atoms with E-state index in [9.17, 15) is 17.6 Å². The van der Waals surface area contributed by atoms with Gasteiger partial charge in [0, 0.05) is 5.92 Å². The Morgan fingerprint density at radius 2 is 1.59 bits per heavy atom. The Morgan fingerprint density at radius 1 is 1.00 bits per heavy atom. The minimum Gasteiger partial charge on any atom is -0.335 e. The first-order valence-corrected chi connectivity index (χ1v) is 10.8. The smallest absolute Gasteiger partial charge is 0.224 e. The van der Waals surface area contributed by atoms with Crippen LogP contribution in [0.15, 0.2) is 53.4 Å². The SMILES string of the molecule is Cc1ccc(S(=O)(=O)C(NC(=O)C2CCCCC2)c2ccc(F)cc2)cc1. The number of sulfone groups is 1. The predicted octanol–water partition coefficient (Wildman–Crippen LogP) is 4.30. The van der Waals surface area contributed by atoms with Crippen molar-refractivity contribution in [3.63, 3.8) is 0 Å². The first kappa shape index (κ1) is 19.5. The van der Waals surface area contributed by atoms with Crippen molar-refractivity contribution in [3.8, 4) is 0 Å². The van der Waals surface area contributed by atoms with Gasteiger partial charge in [-0.25, -0.2) is 12.8 Å². The number of hydrogen-bond acceptors (Lipinski definition) is 3. The second-order valence-corrected chi connectivity index (χ2v) is 9.17. The molecule has 1 saturated carbocycles. The minimum atomic E-state index is -3.87. The summed E-state index contributed by atoms with van der Waals surface area (Å²) in [5, 5.41) is 1.49. The van der Waals surface area contributed by atoms with Crippen LogP contribution in [0.2, 0.25) is 0 Å². The summed E-state index contributed by atoms with van der Waals surface area (Å²) in [5.74, 6) is -0.876. The first-order valence-electron chi connectivity index (χ1n) is 9.24. The molecule has 1 aliphatic rings. The van der Waals surface area contributed by atoms with E-state index < -0.39 is 21.0 Å². The molecule has 2 aromatic rings. The molecule has 1 amide bonds. The number of aryl methyl sites for hydroxylation is 1. The number of hydrogen-bond donors (Lipinski definition) is 1. The fourth-order valence-electron chi connectivity index (χ4n) is 3.45. The van der Waals surface area contributed by atoms with E-state index in [1.807, 2.05) is 6.92 Å². The zero-order chi connectivity index (χ0) is 19.4. The molecule has 1 unspecified atom stereocenters. The topological polar surface area (TPSA) is 63.2 Å². The van der Waals surface area contributed by atoms with Crippen LogP contribution in [0.1, 0.15) is 48.6 Å². The molecule has 0 spiro atoms. The Labute approximate surface area is 159 Å². The van der Waals surface area contributed by atoms with Gasteiger partial charge in [-0.1, -0.05) is 49.1 Å². The van der Waals surface area contributed by atoms with Crippen LogP contribution in [-0.4, -0.2) is 14.3 Å². The van der Waals surface area contributed by atoms with Gasteiger partial charge in [0.15, 0.2) is 5.37 Å². The summed E-state index contributed by atoms with van der Waals surface area (Å²) < 4.78 is 39.8. The molecule has 144 valence electrons. The Balaban J connectivity index is 1.95. The highest BCUT2D eigenvalue weighted by Crippen LogP contribution is 2.30. The monoisotopic (exact) mass is 389 g/mol. The lowest BCUT2D eigenvalue weighted by Gasteiger charge is -2.25. The normalized spacial score (nSPS) is 16.7. The minimum absolute atomic E-state index is 0.131.